The SMILES string of the molecule is Cc1cc(C(F)(F)F)cc(C23CNCC2C3)c1. The highest BCUT2D eigenvalue weighted by molar-refractivity contribution is 5.42. The van der Waals surface area contributed by atoms with E-state index in [2.05, 4.69) is 5.32 Å². The van der Waals surface area contributed by atoms with Crippen LogP contribution in [0.25, 0.3) is 0 Å². The predicted molar refractivity (Wildman–Crippen MR) is 58.8 cm³/mol. The minimum atomic E-state index is -4.24. The largest absolute Gasteiger partial charge is 0.416 e. The zero-order chi connectivity index (χ0) is 12.3. The van der Waals surface area contributed by atoms with E-state index >= 15 is 0 Å². The van der Waals surface area contributed by atoms with Crippen molar-refractivity contribution in [2.75, 3.05) is 13.1 Å². The smallest absolute Gasteiger partial charge is 0.316 e. The van der Waals surface area contributed by atoms with Crippen molar-refractivity contribution < 1.29 is 13.2 Å². The molecule has 0 bridgehead atoms. The van der Waals surface area contributed by atoms with Crippen molar-refractivity contribution >= 4 is 0 Å². The maximum atomic E-state index is 12.8. The Balaban J connectivity index is 2.04. The first-order chi connectivity index (χ1) is 7.92. The van der Waals surface area contributed by atoms with Gasteiger partial charge in [0.05, 0.1) is 5.56 Å². The van der Waals surface area contributed by atoms with Gasteiger partial charge in [0, 0.05) is 12.0 Å². The average molecular weight is 241 g/mol. The van der Waals surface area contributed by atoms with Gasteiger partial charge in [0.2, 0.25) is 0 Å². The first-order valence-corrected chi connectivity index (χ1v) is 5.82. The molecule has 1 N–H and O–H groups in total. The molecule has 2 unspecified atom stereocenters. The summed E-state index contributed by atoms with van der Waals surface area (Å²) in [6, 6.07) is 4.46. The van der Waals surface area contributed by atoms with E-state index in [9.17, 15) is 13.2 Å². The lowest BCUT2D eigenvalue weighted by Gasteiger charge is -2.16. The van der Waals surface area contributed by atoms with E-state index in [1.54, 1.807) is 6.92 Å². The molecule has 1 saturated carbocycles. The van der Waals surface area contributed by atoms with Crippen LogP contribution in [0.15, 0.2) is 18.2 Å². The minimum absolute atomic E-state index is 0.00792. The van der Waals surface area contributed by atoms with Crippen LogP contribution in [-0.4, -0.2) is 13.1 Å². The molecule has 1 heterocycles. The summed E-state index contributed by atoms with van der Waals surface area (Å²) in [5, 5.41) is 3.26. The van der Waals surface area contributed by atoms with Gasteiger partial charge >= 0.3 is 6.18 Å². The molecule has 1 nitrogen and oxygen atoms in total. The van der Waals surface area contributed by atoms with Gasteiger partial charge in [0.15, 0.2) is 0 Å². The van der Waals surface area contributed by atoms with Crippen LogP contribution in [0.5, 0.6) is 0 Å². The zero-order valence-corrected chi connectivity index (χ0v) is 9.56. The third-order valence-corrected chi connectivity index (χ3v) is 4.04. The van der Waals surface area contributed by atoms with E-state index in [0.29, 0.717) is 11.5 Å². The number of rotatable bonds is 1. The number of benzene rings is 1. The number of nitrogens with one attached hydrogen (secondary N) is 1. The van der Waals surface area contributed by atoms with Crippen molar-refractivity contribution in [3.63, 3.8) is 0 Å². The van der Waals surface area contributed by atoms with E-state index in [-0.39, 0.29) is 5.41 Å². The Labute approximate surface area is 98.0 Å². The van der Waals surface area contributed by atoms with Crippen LogP contribution < -0.4 is 5.32 Å². The molecular formula is C13H14F3N. The number of piperidine rings is 1. The summed E-state index contributed by atoms with van der Waals surface area (Å²) in [5.41, 5.74) is 1.03. The monoisotopic (exact) mass is 241 g/mol. The number of alkyl halides is 3. The molecule has 0 amide bonds. The Morgan fingerprint density at radius 3 is 2.59 bits per heavy atom. The third-order valence-electron chi connectivity index (χ3n) is 4.04. The molecule has 17 heavy (non-hydrogen) atoms. The third kappa shape index (κ3) is 1.66. The van der Waals surface area contributed by atoms with Gasteiger partial charge < -0.3 is 5.32 Å². The molecule has 0 spiro atoms. The van der Waals surface area contributed by atoms with Crippen LogP contribution in [0.2, 0.25) is 0 Å². The molecule has 1 saturated heterocycles. The molecule has 2 fully saturated rings. The van der Waals surface area contributed by atoms with E-state index < -0.39 is 11.7 Å². The molecule has 2 aliphatic rings. The van der Waals surface area contributed by atoms with Crippen LogP contribution in [0.4, 0.5) is 13.2 Å². The van der Waals surface area contributed by atoms with Crippen molar-refractivity contribution in [1.82, 2.24) is 5.32 Å². The predicted octanol–water partition coefficient (Wildman–Crippen LogP) is 2.87. The van der Waals surface area contributed by atoms with Gasteiger partial charge in [0.25, 0.3) is 0 Å². The van der Waals surface area contributed by atoms with Crippen LogP contribution in [0.3, 0.4) is 0 Å². The van der Waals surface area contributed by atoms with Crippen molar-refractivity contribution in [3.8, 4) is 0 Å². The first kappa shape index (κ1) is 11.1. The molecule has 1 aromatic rings. The van der Waals surface area contributed by atoms with Gasteiger partial charge in [-0.3, -0.25) is 0 Å². The lowest BCUT2D eigenvalue weighted by Crippen LogP contribution is -2.20. The summed E-state index contributed by atoms with van der Waals surface area (Å²) in [6.45, 7) is 3.49. The quantitative estimate of drug-likeness (QED) is 0.797. The van der Waals surface area contributed by atoms with E-state index in [1.807, 2.05) is 6.07 Å². The molecular weight excluding hydrogens is 227 g/mol. The van der Waals surface area contributed by atoms with Crippen LogP contribution in [0.1, 0.15) is 23.1 Å². The fourth-order valence-electron chi connectivity index (χ4n) is 3.02. The highest BCUT2D eigenvalue weighted by Gasteiger charge is 2.58. The van der Waals surface area contributed by atoms with E-state index in [0.717, 1.165) is 25.1 Å². The van der Waals surface area contributed by atoms with Gasteiger partial charge in [-0.05, 0) is 43.5 Å². The standard InChI is InChI=1S/C13H14F3N/c1-8-2-9(4-10(3-8)13(14,15)16)12-5-11(12)6-17-7-12/h2-4,11,17H,5-7H2,1H3. The van der Waals surface area contributed by atoms with Crippen LogP contribution in [0, 0.1) is 12.8 Å². The Morgan fingerprint density at radius 2 is 2.06 bits per heavy atom. The molecule has 2 atom stereocenters. The topological polar surface area (TPSA) is 12.0 Å². The maximum absolute atomic E-state index is 12.8. The lowest BCUT2D eigenvalue weighted by atomic mass is 9.92. The van der Waals surface area contributed by atoms with Crippen molar-refractivity contribution in [3.05, 3.63) is 34.9 Å². The molecule has 1 aromatic carbocycles. The normalized spacial score (nSPS) is 31.4. The average Bonchev–Trinajstić information content (AvgIpc) is 2.80. The Morgan fingerprint density at radius 1 is 1.29 bits per heavy atom. The molecule has 1 aliphatic carbocycles. The number of halogens is 3. The van der Waals surface area contributed by atoms with Gasteiger partial charge in [0.1, 0.15) is 0 Å². The highest BCUT2D eigenvalue weighted by Crippen LogP contribution is 2.56. The van der Waals surface area contributed by atoms with E-state index in [4.69, 9.17) is 0 Å². The van der Waals surface area contributed by atoms with Gasteiger partial charge in [-0.2, -0.15) is 13.2 Å². The fourth-order valence-corrected chi connectivity index (χ4v) is 3.02. The zero-order valence-electron chi connectivity index (χ0n) is 9.56. The Kier molecular flexibility index (Phi) is 2.12. The summed E-state index contributed by atoms with van der Waals surface area (Å²) in [4.78, 5) is 0. The summed E-state index contributed by atoms with van der Waals surface area (Å²) < 4.78 is 38.3. The second-order valence-electron chi connectivity index (χ2n) is 5.27. The molecule has 4 heteroatoms. The second-order valence-corrected chi connectivity index (χ2v) is 5.27. The number of aryl methyl sites for hydroxylation is 1. The number of hydrogen-bond donors (Lipinski definition) is 1. The van der Waals surface area contributed by atoms with Crippen molar-refractivity contribution in [2.45, 2.75) is 24.9 Å². The van der Waals surface area contributed by atoms with Crippen LogP contribution >= 0.6 is 0 Å². The number of hydrogen-bond acceptors (Lipinski definition) is 1. The molecule has 0 aromatic heterocycles. The maximum Gasteiger partial charge on any atom is 0.416 e. The second kappa shape index (κ2) is 3.25. The highest BCUT2D eigenvalue weighted by atomic mass is 19.4. The molecule has 92 valence electrons. The first-order valence-electron chi connectivity index (χ1n) is 5.82. The minimum Gasteiger partial charge on any atom is -0.316 e. The summed E-state index contributed by atoms with van der Waals surface area (Å²) >= 11 is 0. The van der Waals surface area contributed by atoms with Gasteiger partial charge in [-0.15, -0.1) is 0 Å². The molecule has 0 radical (unpaired) electrons. The Hall–Kier alpha value is -1.03. The summed E-state index contributed by atoms with van der Waals surface area (Å²) in [7, 11) is 0. The van der Waals surface area contributed by atoms with Crippen molar-refractivity contribution in [2.24, 2.45) is 5.92 Å². The van der Waals surface area contributed by atoms with Gasteiger partial charge in [-0.1, -0.05) is 11.6 Å². The lowest BCUT2D eigenvalue weighted by molar-refractivity contribution is -0.137. The van der Waals surface area contributed by atoms with Gasteiger partial charge in [-0.25, -0.2) is 0 Å². The molecule has 1 aliphatic heterocycles. The van der Waals surface area contributed by atoms with Crippen molar-refractivity contribution in [1.29, 1.82) is 0 Å². The number of fused-ring (bicyclic) bond motifs is 1. The fraction of sp³-hybridized carbons (Fsp3) is 0.538. The summed E-state index contributed by atoms with van der Waals surface area (Å²) in [5.74, 6) is 0.533. The Bertz CT molecular complexity index is 466. The summed E-state index contributed by atoms with van der Waals surface area (Å²) in [6.07, 6.45) is -3.21. The molecule has 3 rings (SSSR count). The van der Waals surface area contributed by atoms with E-state index in [1.165, 1.54) is 12.1 Å². The van der Waals surface area contributed by atoms with Crippen LogP contribution in [-0.2, 0) is 11.6 Å².